The van der Waals surface area contributed by atoms with E-state index in [9.17, 15) is 13.0 Å². The maximum absolute atomic E-state index is 11.9. The van der Waals surface area contributed by atoms with Gasteiger partial charge in [0.2, 0.25) is 4.93 Å². The van der Waals surface area contributed by atoms with Crippen LogP contribution in [0.4, 0.5) is 0 Å². The predicted molar refractivity (Wildman–Crippen MR) is 136 cm³/mol. The third-order valence-corrected chi connectivity index (χ3v) is 7.57. The summed E-state index contributed by atoms with van der Waals surface area (Å²) in [6.07, 6.45) is 19.0. The zero-order chi connectivity index (χ0) is 23.9. The Labute approximate surface area is 198 Å². The molecule has 32 heavy (non-hydrogen) atoms. The minimum absolute atomic E-state index is 0.659. The first-order valence-electron chi connectivity index (χ1n) is 13.0. The van der Waals surface area contributed by atoms with E-state index >= 15 is 0 Å². The van der Waals surface area contributed by atoms with Crippen molar-refractivity contribution < 1.29 is 17.7 Å². The Kier molecular flexibility index (Phi) is 14.2. The highest BCUT2D eigenvalue weighted by Crippen LogP contribution is 2.32. The Balaban J connectivity index is 2.78. The summed E-state index contributed by atoms with van der Waals surface area (Å²) >= 11 is 0. The van der Waals surface area contributed by atoms with Crippen molar-refractivity contribution in [2.75, 3.05) is 0 Å². The van der Waals surface area contributed by atoms with E-state index in [-0.39, 0.29) is 0 Å². The van der Waals surface area contributed by atoms with Crippen LogP contribution in [-0.2, 0) is 23.0 Å². The fraction of sp³-hybridized carbons (Fsp3) is 0.778. The average molecular weight is 469 g/mol. The van der Waals surface area contributed by atoms with Crippen LogP contribution in [0.5, 0.6) is 5.75 Å². The van der Waals surface area contributed by atoms with E-state index in [1.165, 1.54) is 90.9 Å². The van der Waals surface area contributed by atoms with Gasteiger partial charge in [-0.25, -0.2) is 0 Å². The van der Waals surface area contributed by atoms with Gasteiger partial charge < -0.3 is 4.74 Å². The minimum atomic E-state index is -4.33. The standard InChI is InChI=1S/C27H48O4S/c1-5-7-9-11-13-15-17-20-24-22-19-23-25(21-18-16-14-12-10-8-6-2)26(24)31-27(3,4)32(28,29)30/h19,22-23H,5-18,20-21H2,1-4H3,(H,28,29,30). The maximum Gasteiger partial charge on any atom is 0.305 e. The van der Waals surface area contributed by atoms with Gasteiger partial charge in [-0.2, -0.15) is 8.42 Å². The van der Waals surface area contributed by atoms with Crippen LogP contribution in [0.2, 0.25) is 0 Å². The number of ether oxygens (including phenoxy) is 1. The average Bonchev–Trinajstić information content (AvgIpc) is 2.73. The summed E-state index contributed by atoms with van der Waals surface area (Å²) in [7, 11) is -4.33. The molecule has 1 rings (SSSR count). The highest BCUT2D eigenvalue weighted by molar-refractivity contribution is 7.87. The van der Waals surface area contributed by atoms with Crippen LogP contribution < -0.4 is 4.74 Å². The number of benzene rings is 1. The Hall–Kier alpha value is -1.07. The van der Waals surface area contributed by atoms with E-state index < -0.39 is 15.1 Å². The molecule has 1 N–H and O–H groups in total. The number of para-hydroxylation sites is 1. The number of rotatable bonds is 19. The highest BCUT2D eigenvalue weighted by atomic mass is 32.2. The van der Waals surface area contributed by atoms with E-state index in [0.29, 0.717) is 5.75 Å². The normalized spacial score (nSPS) is 12.3. The molecule has 186 valence electrons. The summed E-state index contributed by atoms with van der Waals surface area (Å²) in [6.45, 7) is 7.30. The molecule has 0 unspecified atom stereocenters. The zero-order valence-corrected chi connectivity index (χ0v) is 21.9. The van der Waals surface area contributed by atoms with Gasteiger partial charge in [0.05, 0.1) is 0 Å². The van der Waals surface area contributed by atoms with Crippen molar-refractivity contribution in [1.82, 2.24) is 0 Å². The molecule has 0 aliphatic carbocycles. The van der Waals surface area contributed by atoms with Gasteiger partial charge >= 0.3 is 10.1 Å². The van der Waals surface area contributed by atoms with E-state index in [2.05, 4.69) is 19.9 Å². The predicted octanol–water partition coefficient (Wildman–Crippen LogP) is 8.28. The van der Waals surface area contributed by atoms with Crippen LogP contribution in [0, 0.1) is 0 Å². The van der Waals surface area contributed by atoms with Gasteiger partial charge in [0.25, 0.3) is 0 Å². The van der Waals surface area contributed by atoms with Crippen molar-refractivity contribution in [3.05, 3.63) is 29.3 Å². The lowest BCUT2D eigenvalue weighted by atomic mass is 9.98. The molecule has 0 atom stereocenters. The van der Waals surface area contributed by atoms with Crippen LogP contribution >= 0.6 is 0 Å². The Morgan fingerprint density at radius 1 is 0.719 bits per heavy atom. The second kappa shape index (κ2) is 15.7. The monoisotopic (exact) mass is 468 g/mol. The molecule has 0 saturated carbocycles. The molecule has 0 heterocycles. The molecule has 0 aliphatic rings. The van der Waals surface area contributed by atoms with Crippen LogP contribution in [0.25, 0.3) is 0 Å². The molecule has 0 radical (unpaired) electrons. The van der Waals surface area contributed by atoms with E-state index in [1.807, 2.05) is 12.1 Å². The van der Waals surface area contributed by atoms with Crippen LogP contribution in [0.3, 0.4) is 0 Å². The smallest absolute Gasteiger partial charge is 0.305 e. The lowest BCUT2D eigenvalue weighted by molar-refractivity contribution is 0.175. The molecule has 0 saturated heterocycles. The van der Waals surface area contributed by atoms with Crippen LogP contribution in [-0.4, -0.2) is 17.9 Å². The van der Waals surface area contributed by atoms with E-state index in [1.54, 1.807) is 0 Å². The van der Waals surface area contributed by atoms with E-state index in [0.717, 1.165) is 36.8 Å². The van der Waals surface area contributed by atoms with Crippen molar-refractivity contribution in [2.24, 2.45) is 0 Å². The SMILES string of the molecule is CCCCCCCCCc1cccc(CCCCCCCCC)c1OC(C)(C)S(=O)(=O)O. The number of hydrogen-bond donors (Lipinski definition) is 1. The molecule has 5 heteroatoms. The first-order valence-corrected chi connectivity index (χ1v) is 14.4. The molecule has 1 aromatic rings. The molecular formula is C27H48O4S. The first-order chi connectivity index (χ1) is 15.2. The minimum Gasteiger partial charge on any atom is -0.469 e. The molecule has 1 aromatic carbocycles. The largest absolute Gasteiger partial charge is 0.469 e. The lowest BCUT2D eigenvalue weighted by Gasteiger charge is -2.26. The molecular weight excluding hydrogens is 420 g/mol. The lowest BCUT2D eigenvalue weighted by Crippen LogP contribution is -2.38. The zero-order valence-electron chi connectivity index (χ0n) is 21.1. The summed E-state index contributed by atoms with van der Waals surface area (Å²) in [5.41, 5.74) is 2.10. The van der Waals surface area contributed by atoms with Gasteiger partial charge in [0.15, 0.2) is 0 Å². The molecule has 0 bridgehead atoms. The summed E-state index contributed by atoms with van der Waals surface area (Å²) in [4.78, 5) is -1.67. The van der Waals surface area contributed by atoms with Gasteiger partial charge in [0.1, 0.15) is 5.75 Å². The van der Waals surface area contributed by atoms with Crippen LogP contribution in [0.15, 0.2) is 18.2 Å². The Morgan fingerprint density at radius 2 is 1.09 bits per heavy atom. The molecule has 0 fully saturated rings. The first kappa shape index (κ1) is 29.0. The third-order valence-electron chi connectivity index (χ3n) is 6.25. The molecule has 0 spiro atoms. The summed E-state index contributed by atoms with van der Waals surface area (Å²) < 4.78 is 39.4. The van der Waals surface area contributed by atoms with Gasteiger partial charge in [-0.1, -0.05) is 109 Å². The van der Waals surface area contributed by atoms with Gasteiger partial charge in [0, 0.05) is 0 Å². The topological polar surface area (TPSA) is 63.6 Å². The maximum atomic E-state index is 11.9. The quantitative estimate of drug-likeness (QED) is 0.164. The number of hydrogen-bond acceptors (Lipinski definition) is 3. The van der Waals surface area contributed by atoms with Crippen molar-refractivity contribution in [3.8, 4) is 5.75 Å². The fourth-order valence-electron chi connectivity index (χ4n) is 4.01. The molecule has 0 aliphatic heterocycles. The van der Waals surface area contributed by atoms with Crippen LogP contribution in [0.1, 0.15) is 129 Å². The summed E-state index contributed by atoms with van der Waals surface area (Å²) in [5.74, 6) is 0.659. The third kappa shape index (κ3) is 11.2. The van der Waals surface area contributed by atoms with Crippen molar-refractivity contribution in [2.45, 2.75) is 135 Å². The van der Waals surface area contributed by atoms with E-state index in [4.69, 9.17) is 4.74 Å². The Morgan fingerprint density at radius 3 is 1.47 bits per heavy atom. The van der Waals surface area contributed by atoms with Gasteiger partial charge in [-0.3, -0.25) is 4.55 Å². The molecule has 0 amide bonds. The summed E-state index contributed by atoms with van der Waals surface area (Å²) in [5, 5.41) is 0. The second-order valence-electron chi connectivity index (χ2n) is 9.62. The molecule has 4 nitrogen and oxygen atoms in total. The van der Waals surface area contributed by atoms with Crippen molar-refractivity contribution >= 4 is 10.1 Å². The van der Waals surface area contributed by atoms with Gasteiger partial charge in [-0.05, 0) is 50.7 Å². The second-order valence-corrected chi connectivity index (χ2v) is 11.6. The fourth-order valence-corrected chi connectivity index (χ4v) is 4.20. The van der Waals surface area contributed by atoms with Crippen molar-refractivity contribution in [3.63, 3.8) is 0 Å². The number of unbranched alkanes of at least 4 members (excludes halogenated alkanes) is 12. The highest BCUT2D eigenvalue weighted by Gasteiger charge is 2.36. The summed E-state index contributed by atoms with van der Waals surface area (Å²) in [6, 6.07) is 6.14. The number of aryl methyl sites for hydroxylation is 2. The molecule has 0 aromatic heterocycles. The Bertz CT molecular complexity index is 689. The van der Waals surface area contributed by atoms with Crippen molar-refractivity contribution in [1.29, 1.82) is 0 Å². The van der Waals surface area contributed by atoms with Gasteiger partial charge in [-0.15, -0.1) is 0 Å².